The number of benzene rings is 2. The molecule has 0 aliphatic carbocycles. The molecule has 8 heteroatoms. The van der Waals surface area contributed by atoms with E-state index >= 15 is 0 Å². The highest BCUT2D eigenvalue weighted by molar-refractivity contribution is 6.59. The molecule has 0 bridgehead atoms. The van der Waals surface area contributed by atoms with Gasteiger partial charge in [0.25, 0.3) is 0 Å². The summed E-state index contributed by atoms with van der Waals surface area (Å²) in [5.41, 5.74) is 0. The lowest BCUT2D eigenvalue weighted by molar-refractivity contribution is 0.482. The Morgan fingerprint density at radius 3 is 1.22 bits per heavy atom. The molecule has 0 radical (unpaired) electrons. The quantitative estimate of drug-likeness (QED) is 0.378. The summed E-state index contributed by atoms with van der Waals surface area (Å²) in [5, 5.41) is 10.2. The summed E-state index contributed by atoms with van der Waals surface area (Å²) in [6.07, 6.45) is 0. The second-order valence-corrected chi connectivity index (χ2v) is 5.94. The second-order valence-electron chi connectivity index (χ2n) is 3.30. The van der Waals surface area contributed by atoms with E-state index in [0.29, 0.717) is 0 Å². The van der Waals surface area contributed by atoms with Gasteiger partial charge in [-0.2, -0.15) is 0 Å². The zero-order valence-corrected chi connectivity index (χ0v) is 13.4. The molecule has 0 fully saturated rings. The van der Waals surface area contributed by atoms with Crippen LogP contribution in [0.5, 0.6) is 5.75 Å². The number of halogens is 7. The van der Waals surface area contributed by atoms with Gasteiger partial charge in [0, 0.05) is 10.8 Å². The number of phenolic OH excluding ortho intramolecular Hbond substituents is 1. The van der Waals surface area contributed by atoms with Crippen molar-refractivity contribution in [1.29, 1.82) is 0 Å². The second kappa shape index (κ2) is 5.14. The van der Waals surface area contributed by atoms with Crippen LogP contribution in [0.3, 0.4) is 0 Å². The van der Waals surface area contributed by atoms with Gasteiger partial charge in [-0.1, -0.05) is 81.2 Å². The van der Waals surface area contributed by atoms with Crippen LogP contribution in [0.15, 0.2) is 0 Å². The summed E-state index contributed by atoms with van der Waals surface area (Å²) in [6.45, 7) is 0. The summed E-state index contributed by atoms with van der Waals surface area (Å²) in [7, 11) is 0. The van der Waals surface area contributed by atoms with E-state index in [1.807, 2.05) is 0 Å². The fourth-order valence-electron chi connectivity index (χ4n) is 1.48. The molecule has 0 spiro atoms. The van der Waals surface area contributed by atoms with Crippen molar-refractivity contribution in [1.82, 2.24) is 0 Å². The maximum absolute atomic E-state index is 9.96. The zero-order chi connectivity index (χ0) is 13.8. The molecule has 0 aromatic heterocycles. The van der Waals surface area contributed by atoms with Gasteiger partial charge in [-0.15, -0.1) is 0 Å². The molecule has 0 atom stereocenters. The number of rotatable bonds is 0. The summed E-state index contributed by atoms with van der Waals surface area (Å²) in [6, 6.07) is 0. The Kier molecular flexibility index (Phi) is 4.26. The minimum Gasteiger partial charge on any atom is -0.506 e. The van der Waals surface area contributed by atoms with Gasteiger partial charge in [-0.05, 0) is 0 Å². The Bertz CT molecular complexity index is 567. The first-order valence-corrected chi connectivity index (χ1v) is 6.94. The molecule has 96 valence electrons. The normalized spacial score (nSPS) is 11.3. The van der Waals surface area contributed by atoms with Crippen LogP contribution in [-0.4, -0.2) is 5.11 Å². The van der Waals surface area contributed by atoms with E-state index in [-0.39, 0.29) is 51.7 Å². The van der Waals surface area contributed by atoms with Gasteiger partial charge in [0.1, 0.15) is 10.8 Å². The van der Waals surface area contributed by atoms with Gasteiger partial charge in [-0.25, -0.2) is 0 Å². The van der Waals surface area contributed by atoms with E-state index in [9.17, 15) is 5.11 Å². The minimum absolute atomic E-state index is 0.000545. The Labute approximate surface area is 137 Å². The molecule has 0 saturated carbocycles. The Hall–Kier alpha value is 0.530. The topological polar surface area (TPSA) is 20.2 Å². The average molecular weight is 385 g/mol. The van der Waals surface area contributed by atoms with Gasteiger partial charge in [0.2, 0.25) is 0 Å². The lowest BCUT2D eigenvalue weighted by atomic mass is 10.1. The monoisotopic (exact) mass is 382 g/mol. The largest absolute Gasteiger partial charge is 0.506 e. The Morgan fingerprint density at radius 2 is 0.778 bits per heavy atom. The lowest BCUT2D eigenvalue weighted by Crippen LogP contribution is -1.86. The van der Waals surface area contributed by atoms with Crippen molar-refractivity contribution in [2.45, 2.75) is 0 Å². The van der Waals surface area contributed by atoms with Gasteiger partial charge < -0.3 is 5.11 Å². The van der Waals surface area contributed by atoms with Crippen LogP contribution in [0.2, 0.25) is 35.2 Å². The van der Waals surface area contributed by atoms with E-state index in [4.69, 9.17) is 81.2 Å². The third-order valence-corrected chi connectivity index (χ3v) is 5.44. The van der Waals surface area contributed by atoms with Crippen molar-refractivity contribution < 1.29 is 5.11 Å². The van der Waals surface area contributed by atoms with Crippen molar-refractivity contribution in [3.63, 3.8) is 0 Å². The van der Waals surface area contributed by atoms with Crippen LogP contribution in [0.25, 0.3) is 10.8 Å². The first-order chi connectivity index (χ1) is 8.29. The molecular weight excluding hydrogens is 384 g/mol. The Morgan fingerprint density at radius 1 is 0.444 bits per heavy atom. The van der Waals surface area contributed by atoms with Crippen LogP contribution in [-0.2, 0) is 0 Å². The van der Waals surface area contributed by atoms with Gasteiger partial charge in [0.05, 0.1) is 30.1 Å². The molecule has 0 aliphatic heterocycles. The summed E-state index contributed by atoms with van der Waals surface area (Å²) >= 11 is 41.6. The lowest BCUT2D eigenvalue weighted by Gasteiger charge is -2.13. The van der Waals surface area contributed by atoms with E-state index < -0.39 is 0 Å². The van der Waals surface area contributed by atoms with Crippen LogP contribution in [0, 0.1) is 0 Å². The van der Waals surface area contributed by atoms with Crippen LogP contribution in [0.1, 0.15) is 0 Å². The number of fused-ring (bicyclic) bond motifs is 1. The van der Waals surface area contributed by atoms with Crippen molar-refractivity contribution >= 4 is 92.0 Å². The maximum Gasteiger partial charge on any atom is 0.145 e. The molecule has 2 aromatic carbocycles. The molecule has 0 heterocycles. The molecule has 0 amide bonds. The standard InChI is InChI=1S/C10HCl7O/c11-3-1-2(5(13)7(15)6(3)14)10(18)9(17)8(16)4(1)12/h18H. The summed E-state index contributed by atoms with van der Waals surface area (Å²) in [4.78, 5) is 0. The van der Waals surface area contributed by atoms with Crippen molar-refractivity contribution in [3.8, 4) is 5.75 Å². The summed E-state index contributed by atoms with van der Waals surface area (Å²) in [5.74, 6) is -0.355. The highest BCUT2D eigenvalue weighted by atomic mass is 35.5. The molecule has 0 aliphatic rings. The number of phenols is 1. The number of aromatic hydroxyl groups is 1. The molecule has 1 N–H and O–H groups in total. The van der Waals surface area contributed by atoms with E-state index in [2.05, 4.69) is 0 Å². The molecular formula is C10HCl7O. The third-order valence-electron chi connectivity index (χ3n) is 2.32. The smallest absolute Gasteiger partial charge is 0.145 e. The molecule has 1 nitrogen and oxygen atoms in total. The van der Waals surface area contributed by atoms with Crippen molar-refractivity contribution in [2.75, 3.05) is 0 Å². The predicted octanol–water partition coefficient (Wildman–Crippen LogP) is 7.12. The highest BCUT2D eigenvalue weighted by Gasteiger charge is 2.24. The maximum atomic E-state index is 9.96. The number of hydrogen-bond acceptors (Lipinski definition) is 1. The van der Waals surface area contributed by atoms with Crippen LogP contribution >= 0.6 is 81.2 Å². The molecule has 2 aromatic rings. The van der Waals surface area contributed by atoms with E-state index in [0.717, 1.165) is 0 Å². The molecule has 2 rings (SSSR count). The van der Waals surface area contributed by atoms with E-state index in [1.54, 1.807) is 0 Å². The van der Waals surface area contributed by atoms with Gasteiger partial charge >= 0.3 is 0 Å². The summed E-state index contributed by atoms with van der Waals surface area (Å²) < 4.78 is 0. The van der Waals surface area contributed by atoms with Gasteiger partial charge in [-0.3, -0.25) is 0 Å². The molecule has 0 saturated heterocycles. The van der Waals surface area contributed by atoms with Crippen LogP contribution < -0.4 is 0 Å². The average Bonchev–Trinajstić information content (AvgIpc) is 2.35. The molecule has 18 heavy (non-hydrogen) atoms. The third kappa shape index (κ3) is 2.01. The van der Waals surface area contributed by atoms with E-state index in [1.165, 1.54) is 0 Å². The Balaban J connectivity index is 3.22. The van der Waals surface area contributed by atoms with Crippen LogP contribution in [0.4, 0.5) is 0 Å². The molecule has 0 unspecified atom stereocenters. The number of hydrogen-bond donors (Lipinski definition) is 1. The SMILES string of the molecule is Oc1c(Cl)c(Cl)c(Cl)c2c(Cl)c(Cl)c(Cl)c(Cl)c12. The highest BCUT2D eigenvalue weighted by Crippen LogP contribution is 2.53. The fraction of sp³-hybridized carbons (Fsp3) is 0. The minimum atomic E-state index is -0.355. The zero-order valence-electron chi connectivity index (χ0n) is 8.09. The fourth-order valence-corrected chi connectivity index (χ4v) is 3.27. The first-order valence-electron chi connectivity index (χ1n) is 4.30. The predicted molar refractivity (Wildman–Crippen MR) is 80.7 cm³/mol. The van der Waals surface area contributed by atoms with Crippen molar-refractivity contribution in [2.24, 2.45) is 0 Å². The van der Waals surface area contributed by atoms with Crippen molar-refractivity contribution in [3.05, 3.63) is 35.2 Å². The van der Waals surface area contributed by atoms with Gasteiger partial charge in [0.15, 0.2) is 0 Å². The first kappa shape index (κ1) is 14.9.